The molecule has 1 heterocycles. The van der Waals surface area contributed by atoms with Crippen LogP contribution in [0.25, 0.3) is 0 Å². The summed E-state index contributed by atoms with van der Waals surface area (Å²) in [4.78, 5) is 16.8. The van der Waals surface area contributed by atoms with E-state index in [1.807, 2.05) is 11.9 Å². The first-order chi connectivity index (χ1) is 10.1. The van der Waals surface area contributed by atoms with Crippen LogP contribution in [0.5, 0.6) is 0 Å². The van der Waals surface area contributed by atoms with Gasteiger partial charge in [-0.05, 0) is 38.3 Å². The second-order valence-corrected chi connectivity index (χ2v) is 6.99. The maximum Gasteiger partial charge on any atom is 0.239 e. The van der Waals surface area contributed by atoms with Gasteiger partial charge in [-0.25, -0.2) is 0 Å². The molecule has 1 amide bonds. The fourth-order valence-corrected chi connectivity index (χ4v) is 4.09. The van der Waals surface area contributed by atoms with Gasteiger partial charge in [-0.3, -0.25) is 9.69 Å². The Morgan fingerprint density at radius 3 is 2.62 bits per heavy atom. The van der Waals surface area contributed by atoms with Gasteiger partial charge in [-0.1, -0.05) is 39.0 Å². The molecule has 1 saturated heterocycles. The lowest BCUT2D eigenvalue weighted by Gasteiger charge is -2.30. The maximum absolute atomic E-state index is 12.5. The highest BCUT2D eigenvalue weighted by molar-refractivity contribution is 5.81. The molecule has 2 N–H and O–H groups in total. The van der Waals surface area contributed by atoms with Gasteiger partial charge in [0.15, 0.2) is 0 Å². The van der Waals surface area contributed by atoms with Crippen molar-refractivity contribution in [3.63, 3.8) is 0 Å². The van der Waals surface area contributed by atoms with E-state index in [1.54, 1.807) is 0 Å². The average molecular weight is 295 g/mol. The Labute approximate surface area is 130 Å². The fraction of sp³-hybridized carbons (Fsp3) is 0.941. The number of rotatable bonds is 6. The SMILES string of the molecule is CCN1CCCC1CN(C)C(=O)C(N)CC1CCCCC1. The third-order valence-corrected chi connectivity index (χ3v) is 5.40. The Hall–Kier alpha value is -0.610. The van der Waals surface area contributed by atoms with E-state index < -0.39 is 0 Å². The number of carbonyl (C=O) groups is 1. The van der Waals surface area contributed by atoms with Crippen LogP contribution in [0.2, 0.25) is 0 Å². The van der Waals surface area contributed by atoms with E-state index in [4.69, 9.17) is 5.73 Å². The van der Waals surface area contributed by atoms with E-state index in [-0.39, 0.29) is 11.9 Å². The minimum Gasteiger partial charge on any atom is -0.343 e. The lowest BCUT2D eigenvalue weighted by atomic mass is 9.85. The first-order valence-electron chi connectivity index (χ1n) is 8.86. The summed E-state index contributed by atoms with van der Waals surface area (Å²) >= 11 is 0. The molecule has 2 unspecified atom stereocenters. The summed E-state index contributed by atoms with van der Waals surface area (Å²) in [7, 11) is 1.93. The van der Waals surface area contributed by atoms with Crippen molar-refractivity contribution >= 4 is 5.91 Å². The van der Waals surface area contributed by atoms with Gasteiger partial charge >= 0.3 is 0 Å². The van der Waals surface area contributed by atoms with E-state index in [0.717, 1.165) is 19.5 Å². The van der Waals surface area contributed by atoms with E-state index in [9.17, 15) is 4.79 Å². The summed E-state index contributed by atoms with van der Waals surface area (Å²) in [6.07, 6.45) is 9.86. The van der Waals surface area contributed by atoms with Gasteiger partial charge in [-0.2, -0.15) is 0 Å². The van der Waals surface area contributed by atoms with Crippen molar-refractivity contribution in [3.8, 4) is 0 Å². The third kappa shape index (κ3) is 4.68. The molecule has 4 heteroatoms. The quantitative estimate of drug-likeness (QED) is 0.817. The third-order valence-electron chi connectivity index (χ3n) is 5.40. The molecular weight excluding hydrogens is 262 g/mol. The second kappa shape index (κ2) is 8.14. The van der Waals surface area contributed by atoms with Gasteiger partial charge < -0.3 is 10.6 Å². The maximum atomic E-state index is 12.5. The van der Waals surface area contributed by atoms with Crippen LogP contribution in [0.4, 0.5) is 0 Å². The first-order valence-corrected chi connectivity index (χ1v) is 8.86. The molecule has 4 nitrogen and oxygen atoms in total. The van der Waals surface area contributed by atoms with E-state index in [0.29, 0.717) is 12.0 Å². The largest absolute Gasteiger partial charge is 0.343 e. The lowest BCUT2D eigenvalue weighted by molar-refractivity contribution is -0.132. The Morgan fingerprint density at radius 2 is 1.95 bits per heavy atom. The molecule has 21 heavy (non-hydrogen) atoms. The molecule has 0 aromatic carbocycles. The van der Waals surface area contributed by atoms with Crippen molar-refractivity contribution in [1.82, 2.24) is 9.80 Å². The van der Waals surface area contributed by atoms with Crippen molar-refractivity contribution in [1.29, 1.82) is 0 Å². The predicted octanol–water partition coefficient (Wildman–Crippen LogP) is 2.23. The zero-order chi connectivity index (χ0) is 15.2. The normalized spacial score (nSPS) is 26.0. The molecule has 0 radical (unpaired) electrons. The minimum absolute atomic E-state index is 0.142. The smallest absolute Gasteiger partial charge is 0.239 e. The molecule has 2 rings (SSSR count). The van der Waals surface area contributed by atoms with Gasteiger partial charge in [0.25, 0.3) is 0 Å². The Morgan fingerprint density at radius 1 is 1.24 bits per heavy atom. The molecule has 0 bridgehead atoms. The Balaban J connectivity index is 1.77. The Bertz CT molecular complexity index is 328. The zero-order valence-corrected chi connectivity index (χ0v) is 13.9. The Kier molecular flexibility index (Phi) is 6.49. The van der Waals surface area contributed by atoms with Crippen molar-refractivity contribution in [2.24, 2.45) is 11.7 Å². The molecule has 0 aromatic heterocycles. The molecular formula is C17H33N3O. The van der Waals surface area contributed by atoms with E-state index in [2.05, 4.69) is 11.8 Å². The fourth-order valence-electron chi connectivity index (χ4n) is 4.09. The van der Waals surface area contributed by atoms with Gasteiger partial charge in [0, 0.05) is 19.6 Å². The van der Waals surface area contributed by atoms with Crippen LogP contribution >= 0.6 is 0 Å². The number of nitrogens with zero attached hydrogens (tertiary/aromatic N) is 2. The van der Waals surface area contributed by atoms with Crippen molar-refractivity contribution in [2.45, 2.75) is 70.4 Å². The summed E-state index contributed by atoms with van der Waals surface area (Å²) in [6.45, 7) is 5.30. The number of nitrogens with two attached hydrogens (primary N) is 1. The van der Waals surface area contributed by atoms with Gasteiger partial charge in [0.05, 0.1) is 6.04 Å². The molecule has 1 aliphatic heterocycles. The highest BCUT2D eigenvalue weighted by Crippen LogP contribution is 2.27. The molecule has 2 fully saturated rings. The molecule has 0 spiro atoms. The van der Waals surface area contributed by atoms with Crippen LogP contribution < -0.4 is 5.73 Å². The number of likely N-dealkylation sites (N-methyl/N-ethyl adjacent to an activating group) is 2. The second-order valence-electron chi connectivity index (χ2n) is 6.99. The lowest BCUT2D eigenvalue weighted by Crippen LogP contribution is -2.47. The summed E-state index contributed by atoms with van der Waals surface area (Å²) in [5, 5.41) is 0. The summed E-state index contributed by atoms with van der Waals surface area (Å²) in [5.41, 5.74) is 6.19. The van der Waals surface area contributed by atoms with Crippen molar-refractivity contribution < 1.29 is 4.79 Å². The number of likely N-dealkylation sites (tertiary alicyclic amines) is 1. The predicted molar refractivity (Wildman–Crippen MR) is 87.1 cm³/mol. The monoisotopic (exact) mass is 295 g/mol. The van der Waals surface area contributed by atoms with Crippen LogP contribution in [-0.4, -0.2) is 54.5 Å². The molecule has 1 saturated carbocycles. The van der Waals surface area contributed by atoms with Crippen molar-refractivity contribution in [2.75, 3.05) is 26.7 Å². The summed E-state index contributed by atoms with van der Waals surface area (Å²) < 4.78 is 0. The molecule has 1 aliphatic carbocycles. The number of carbonyl (C=O) groups excluding carboxylic acids is 1. The molecule has 122 valence electrons. The van der Waals surface area contributed by atoms with E-state index in [1.165, 1.54) is 51.5 Å². The highest BCUT2D eigenvalue weighted by Gasteiger charge is 2.28. The topological polar surface area (TPSA) is 49.6 Å². The van der Waals surface area contributed by atoms with Crippen LogP contribution in [0, 0.1) is 5.92 Å². The summed E-state index contributed by atoms with van der Waals surface area (Å²) in [6, 6.07) is 0.236. The van der Waals surface area contributed by atoms with Gasteiger partial charge in [0.2, 0.25) is 5.91 Å². The average Bonchev–Trinajstić information content (AvgIpc) is 2.94. The minimum atomic E-state index is -0.297. The number of hydrogen-bond acceptors (Lipinski definition) is 3. The molecule has 2 aliphatic rings. The molecule has 2 atom stereocenters. The standard InChI is InChI=1S/C17H33N3O/c1-3-20-11-7-10-15(20)13-19(2)17(21)16(18)12-14-8-5-4-6-9-14/h14-16H,3-13,18H2,1-2H3. The van der Waals surface area contributed by atoms with Gasteiger partial charge in [0.1, 0.15) is 0 Å². The van der Waals surface area contributed by atoms with Crippen LogP contribution in [0.3, 0.4) is 0 Å². The molecule has 0 aromatic rings. The number of amides is 1. The van der Waals surface area contributed by atoms with Crippen LogP contribution in [0.1, 0.15) is 58.3 Å². The van der Waals surface area contributed by atoms with Crippen LogP contribution in [0.15, 0.2) is 0 Å². The van der Waals surface area contributed by atoms with Crippen molar-refractivity contribution in [3.05, 3.63) is 0 Å². The number of hydrogen-bond donors (Lipinski definition) is 1. The zero-order valence-electron chi connectivity index (χ0n) is 13.9. The first kappa shape index (κ1) is 16.8. The summed E-state index contributed by atoms with van der Waals surface area (Å²) in [5.74, 6) is 0.813. The van der Waals surface area contributed by atoms with Gasteiger partial charge in [-0.15, -0.1) is 0 Å². The highest BCUT2D eigenvalue weighted by atomic mass is 16.2. The van der Waals surface area contributed by atoms with Crippen LogP contribution in [-0.2, 0) is 4.79 Å². The van der Waals surface area contributed by atoms with E-state index >= 15 is 0 Å².